The van der Waals surface area contributed by atoms with Gasteiger partial charge in [-0.3, -0.25) is 14.4 Å². The van der Waals surface area contributed by atoms with E-state index in [-0.39, 0.29) is 30.7 Å². The molecule has 0 aliphatic heterocycles. The quantitative estimate of drug-likeness (QED) is 0.689. The highest BCUT2D eigenvalue weighted by molar-refractivity contribution is 5.95. The SMILES string of the molecule is CC(=O)N[C@@H](CC(=O)NCC(=O)Nc1c(C)cc(C)cc1C)c1ccccc1. The zero-order chi connectivity index (χ0) is 20.7. The summed E-state index contributed by atoms with van der Waals surface area (Å²) in [5.74, 6) is -0.820. The second kappa shape index (κ2) is 9.69. The molecule has 6 heteroatoms. The molecule has 148 valence electrons. The first-order valence-corrected chi connectivity index (χ1v) is 9.22. The van der Waals surface area contributed by atoms with Crippen LogP contribution in [-0.2, 0) is 14.4 Å². The van der Waals surface area contributed by atoms with Crippen LogP contribution in [0.4, 0.5) is 5.69 Å². The maximum absolute atomic E-state index is 12.3. The third-order valence-electron chi connectivity index (χ3n) is 4.36. The van der Waals surface area contributed by atoms with Crippen LogP contribution in [0.5, 0.6) is 0 Å². The van der Waals surface area contributed by atoms with Gasteiger partial charge in [-0.15, -0.1) is 0 Å². The van der Waals surface area contributed by atoms with Crippen molar-refractivity contribution in [3.63, 3.8) is 0 Å². The van der Waals surface area contributed by atoms with Gasteiger partial charge in [0, 0.05) is 12.6 Å². The standard InChI is InChI=1S/C22H27N3O3/c1-14-10-15(2)22(16(3)11-14)25-21(28)13-23-20(27)12-19(24-17(4)26)18-8-6-5-7-9-18/h5-11,19H,12-13H2,1-4H3,(H,23,27)(H,24,26)(H,25,28)/t19-/m0/s1. The summed E-state index contributed by atoms with van der Waals surface area (Å²) >= 11 is 0. The fourth-order valence-electron chi connectivity index (χ4n) is 3.18. The molecule has 3 amide bonds. The largest absolute Gasteiger partial charge is 0.349 e. The van der Waals surface area contributed by atoms with Crippen LogP contribution in [0, 0.1) is 20.8 Å². The van der Waals surface area contributed by atoms with E-state index in [0.717, 1.165) is 27.9 Å². The van der Waals surface area contributed by atoms with Crippen LogP contribution in [0.25, 0.3) is 0 Å². The molecule has 0 aliphatic carbocycles. The Hall–Kier alpha value is -3.15. The van der Waals surface area contributed by atoms with Gasteiger partial charge < -0.3 is 16.0 Å². The van der Waals surface area contributed by atoms with Crippen LogP contribution in [0.2, 0.25) is 0 Å². The van der Waals surface area contributed by atoms with Gasteiger partial charge in [-0.1, -0.05) is 48.0 Å². The summed E-state index contributed by atoms with van der Waals surface area (Å²) in [4.78, 5) is 36.0. The van der Waals surface area contributed by atoms with E-state index in [1.165, 1.54) is 6.92 Å². The molecule has 2 rings (SSSR count). The second-order valence-electron chi connectivity index (χ2n) is 6.97. The Labute approximate surface area is 165 Å². The van der Waals surface area contributed by atoms with Gasteiger partial charge in [0.05, 0.1) is 19.0 Å². The third-order valence-corrected chi connectivity index (χ3v) is 4.36. The van der Waals surface area contributed by atoms with Crippen LogP contribution in [0.1, 0.15) is 41.6 Å². The summed E-state index contributed by atoms with van der Waals surface area (Å²) in [7, 11) is 0. The van der Waals surface area contributed by atoms with Crippen molar-refractivity contribution >= 4 is 23.4 Å². The van der Waals surface area contributed by atoms with Crippen LogP contribution >= 0.6 is 0 Å². The summed E-state index contributed by atoms with van der Waals surface area (Å²) in [5.41, 5.74) is 4.69. The van der Waals surface area contributed by atoms with E-state index in [4.69, 9.17) is 0 Å². The van der Waals surface area contributed by atoms with Crippen LogP contribution < -0.4 is 16.0 Å². The molecule has 6 nitrogen and oxygen atoms in total. The highest BCUT2D eigenvalue weighted by Crippen LogP contribution is 2.21. The summed E-state index contributed by atoms with van der Waals surface area (Å²) in [6.07, 6.45) is 0.0550. The fraction of sp³-hybridized carbons (Fsp3) is 0.318. The van der Waals surface area contributed by atoms with Gasteiger partial charge in [0.15, 0.2) is 0 Å². The Bertz CT molecular complexity index is 840. The lowest BCUT2D eigenvalue weighted by atomic mass is 10.0. The molecule has 0 saturated carbocycles. The third kappa shape index (κ3) is 6.23. The number of hydrogen-bond donors (Lipinski definition) is 3. The number of hydrogen-bond acceptors (Lipinski definition) is 3. The maximum atomic E-state index is 12.3. The Kier molecular flexibility index (Phi) is 7.32. The molecule has 1 atom stereocenters. The van der Waals surface area contributed by atoms with Gasteiger partial charge in [-0.25, -0.2) is 0 Å². The van der Waals surface area contributed by atoms with Gasteiger partial charge >= 0.3 is 0 Å². The number of nitrogens with one attached hydrogen (secondary N) is 3. The molecule has 0 unspecified atom stereocenters. The van der Waals surface area contributed by atoms with Crippen molar-refractivity contribution in [1.82, 2.24) is 10.6 Å². The number of anilines is 1. The Balaban J connectivity index is 1.93. The molecular formula is C22H27N3O3. The van der Waals surface area contributed by atoms with E-state index in [1.807, 2.05) is 63.2 Å². The van der Waals surface area contributed by atoms with E-state index >= 15 is 0 Å². The fourth-order valence-corrected chi connectivity index (χ4v) is 3.18. The van der Waals surface area contributed by atoms with Crippen molar-refractivity contribution in [2.45, 2.75) is 40.2 Å². The molecule has 3 N–H and O–H groups in total. The number of rotatable bonds is 7. The van der Waals surface area contributed by atoms with Crippen LogP contribution in [0.15, 0.2) is 42.5 Å². The first-order chi connectivity index (χ1) is 13.3. The van der Waals surface area contributed by atoms with Gasteiger partial charge in [0.25, 0.3) is 0 Å². The summed E-state index contributed by atoms with van der Waals surface area (Å²) < 4.78 is 0. The topological polar surface area (TPSA) is 87.3 Å². The van der Waals surface area contributed by atoms with Crippen molar-refractivity contribution in [3.8, 4) is 0 Å². The predicted molar refractivity (Wildman–Crippen MR) is 110 cm³/mol. The molecule has 0 radical (unpaired) electrons. The molecule has 0 saturated heterocycles. The second-order valence-corrected chi connectivity index (χ2v) is 6.97. The molecule has 0 bridgehead atoms. The monoisotopic (exact) mass is 381 g/mol. The average molecular weight is 381 g/mol. The maximum Gasteiger partial charge on any atom is 0.243 e. The normalized spacial score (nSPS) is 11.4. The molecule has 2 aromatic carbocycles. The van der Waals surface area contributed by atoms with Crippen molar-refractivity contribution < 1.29 is 14.4 Å². The predicted octanol–water partition coefficient (Wildman–Crippen LogP) is 2.93. The lowest BCUT2D eigenvalue weighted by Gasteiger charge is -2.18. The van der Waals surface area contributed by atoms with Crippen molar-refractivity contribution in [2.24, 2.45) is 0 Å². The summed E-state index contributed by atoms with van der Waals surface area (Å²) in [6.45, 7) is 7.16. The minimum atomic E-state index is -0.441. The first-order valence-electron chi connectivity index (χ1n) is 9.22. The van der Waals surface area contributed by atoms with E-state index in [2.05, 4.69) is 16.0 Å². The molecule has 0 aliphatic rings. The Morgan fingerprint density at radius 2 is 1.54 bits per heavy atom. The van der Waals surface area contributed by atoms with Gasteiger partial charge in [0.2, 0.25) is 17.7 Å². The molecule has 2 aromatic rings. The van der Waals surface area contributed by atoms with Gasteiger partial charge in [-0.2, -0.15) is 0 Å². The van der Waals surface area contributed by atoms with E-state index < -0.39 is 6.04 Å². The van der Waals surface area contributed by atoms with Crippen molar-refractivity contribution in [2.75, 3.05) is 11.9 Å². The first kappa shape index (κ1) is 21.2. The smallest absolute Gasteiger partial charge is 0.243 e. The lowest BCUT2D eigenvalue weighted by Crippen LogP contribution is -2.36. The molecule has 0 heterocycles. The molecule has 0 spiro atoms. The highest BCUT2D eigenvalue weighted by Gasteiger charge is 2.17. The highest BCUT2D eigenvalue weighted by atomic mass is 16.2. The van der Waals surface area contributed by atoms with E-state index in [1.54, 1.807) is 0 Å². The molecule has 28 heavy (non-hydrogen) atoms. The van der Waals surface area contributed by atoms with Gasteiger partial charge in [-0.05, 0) is 37.5 Å². The minimum Gasteiger partial charge on any atom is -0.349 e. The Morgan fingerprint density at radius 1 is 0.929 bits per heavy atom. The van der Waals surface area contributed by atoms with Gasteiger partial charge in [0.1, 0.15) is 0 Å². The van der Waals surface area contributed by atoms with Crippen LogP contribution in [-0.4, -0.2) is 24.3 Å². The van der Waals surface area contributed by atoms with E-state index in [9.17, 15) is 14.4 Å². The number of amides is 3. The molecule has 0 fully saturated rings. The lowest BCUT2D eigenvalue weighted by molar-refractivity contribution is -0.125. The van der Waals surface area contributed by atoms with Crippen molar-refractivity contribution in [1.29, 1.82) is 0 Å². The summed E-state index contributed by atoms with van der Waals surface area (Å²) in [5, 5.41) is 8.25. The number of carbonyl (C=O) groups excluding carboxylic acids is 3. The average Bonchev–Trinajstić information content (AvgIpc) is 2.63. The van der Waals surface area contributed by atoms with Crippen molar-refractivity contribution in [3.05, 3.63) is 64.7 Å². The number of benzene rings is 2. The summed E-state index contributed by atoms with van der Waals surface area (Å²) in [6, 6.07) is 12.8. The van der Waals surface area contributed by atoms with Crippen LogP contribution in [0.3, 0.4) is 0 Å². The Morgan fingerprint density at radius 3 is 2.11 bits per heavy atom. The zero-order valence-electron chi connectivity index (χ0n) is 16.8. The van der Waals surface area contributed by atoms with E-state index in [0.29, 0.717) is 0 Å². The number of carbonyl (C=O) groups is 3. The molecular weight excluding hydrogens is 354 g/mol. The zero-order valence-corrected chi connectivity index (χ0v) is 16.8. The molecule has 0 aromatic heterocycles. The number of aryl methyl sites for hydroxylation is 3. The minimum absolute atomic E-state index is 0.0550.